The molecule has 2 aromatic heterocycles. The van der Waals surface area contributed by atoms with Crippen LogP contribution in [0, 0.1) is 0 Å². The smallest absolute Gasteiger partial charge is 0.256 e. The Morgan fingerprint density at radius 2 is 1.70 bits per heavy atom. The second kappa shape index (κ2) is 7.55. The summed E-state index contributed by atoms with van der Waals surface area (Å²) in [6.45, 7) is 0. The summed E-state index contributed by atoms with van der Waals surface area (Å²) in [4.78, 5) is 17.1. The normalized spacial score (nSPS) is 10.6. The number of anilines is 1. The molecule has 0 aliphatic heterocycles. The summed E-state index contributed by atoms with van der Waals surface area (Å²) in [7, 11) is 0. The van der Waals surface area contributed by atoms with Gasteiger partial charge >= 0.3 is 0 Å². The van der Waals surface area contributed by atoms with E-state index in [2.05, 4.69) is 31.3 Å². The number of nitrogens with zero attached hydrogens (tertiary/aromatic N) is 3. The van der Waals surface area contributed by atoms with E-state index >= 15 is 0 Å². The Morgan fingerprint density at radius 1 is 0.889 bits per heavy atom. The number of nitrogens with one attached hydrogen (secondary N) is 1. The maximum Gasteiger partial charge on any atom is 0.256 e. The van der Waals surface area contributed by atoms with Crippen molar-refractivity contribution in [2.24, 2.45) is 0 Å². The summed E-state index contributed by atoms with van der Waals surface area (Å²) in [6, 6.07) is 24.4. The molecule has 0 bridgehead atoms. The third kappa shape index (κ3) is 3.80. The monoisotopic (exact) mass is 418 g/mol. The molecule has 0 spiro atoms. The molecule has 0 atom stereocenters. The van der Waals surface area contributed by atoms with E-state index in [0.717, 1.165) is 15.9 Å². The largest absolute Gasteiger partial charge is 0.306 e. The van der Waals surface area contributed by atoms with Crippen LogP contribution in [0.3, 0.4) is 0 Å². The number of carbonyl (C=O) groups is 1. The SMILES string of the molecule is O=C(Nc1cc(-c2ccccn2)nn1-c1ccccc1)c1cccc(Br)c1. The zero-order valence-electron chi connectivity index (χ0n) is 14.2. The lowest BCUT2D eigenvalue weighted by Gasteiger charge is -2.09. The number of para-hydroxylation sites is 1. The highest BCUT2D eigenvalue weighted by Gasteiger charge is 2.15. The predicted molar refractivity (Wildman–Crippen MR) is 109 cm³/mol. The molecule has 2 heterocycles. The van der Waals surface area contributed by atoms with Crippen molar-refractivity contribution in [1.29, 1.82) is 0 Å². The van der Waals surface area contributed by atoms with Crippen molar-refractivity contribution in [2.75, 3.05) is 5.32 Å². The first-order valence-electron chi connectivity index (χ1n) is 8.34. The fourth-order valence-electron chi connectivity index (χ4n) is 2.69. The number of rotatable bonds is 4. The van der Waals surface area contributed by atoms with Crippen LogP contribution in [0.2, 0.25) is 0 Å². The molecule has 0 saturated carbocycles. The quantitative estimate of drug-likeness (QED) is 0.509. The van der Waals surface area contributed by atoms with Gasteiger partial charge in [-0.15, -0.1) is 0 Å². The van der Waals surface area contributed by atoms with Crippen LogP contribution < -0.4 is 5.32 Å². The van der Waals surface area contributed by atoms with Gasteiger partial charge in [0.25, 0.3) is 5.91 Å². The topological polar surface area (TPSA) is 59.8 Å². The predicted octanol–water partition coefficient (Wildman–Crippen LogP) is 4.95. The van der Waals surface area contributed by atoms with Crippen LogP contribution >= 0.6 is 15.9 Å². The van der Waals surface area contributed by atoms with E-state index in [1.54, 1.807) is 23.0 Å². The van der Waals surface area contributed by atoms with Crippen LogP contribution in [0.1, 0.15) is 10.4 Å². The first kappa shape index (κ1) is 17.2. The molecule has 0 aliphatic carbocycles. The number of hydrogen-bond donors (Lipinski definition) is 1. The lowest BCUT2D eigenvalue weighted by molar-refractivity contribution is 0.102. The minimum Gasteiger partial charge on any atom is -0.306 e. The van der Waals surface area contributed by atoms with Crippen molar-refractivity contribution in [3.63, 3.8) is 0 Å². The maximum absolute atomic E-state index is 12.7. The van der Waals surface area contributed by atoms with Gasteiger partial charge in [-0.05, 0) is 42.5 Å². The summed E-state index contributed by atoms with van der Waals surface area (Å²) in [5, 5.41) is 7.60. The van der Waals surface area contributed by atoms with E-state index in [4.69, 9.17) is 0 Å². The highest BCUT2D eigenvalue weighted by Crippen LogP contribution is 2.24. The van der Waals surface area contributed by atoms with Crippen LogP contribution in [-0.4, -0.2) is 20.7 Å². The first-order chi connectivity index (χ1) is 13.2. The van der Waals surface area contributed by atoms with Gasteiger partial charge in [-0.3, -0.25) is 9.78 Å². The Bertz CT molecular complexity index is 1080. The molecule has 132 valence electrons. The minimum atomic E-state index is -0.207. The van der Waals surface area contributed by atoms with Gasteiger partial charge < -0.3 is 5.32 Å². The number of aromatic nitrogens is 3. The molecule has 4 aromatic rings. The van der Waals surface area contributed by atoms with Crippen molar-refractivity contribution < 1.29 is 4.79 Å². The molecular weight excluding hydrogens is 404 g/mol. The first-order valence-corrected chi connectivity index (χ1v) is 9.14. The Balaban J connectivity index is 1.74. The van der Waals surface area contributed by atoms with Gasteiger partial charge in [-0.1, -0.05) is 46.3 Å². The lowest BCUT2D eigenvalue weighted by atomic mass is 10.2. The number of hydrogen-bond acceptors (Lipinski definition) is 3. The van der Waals surface area contributed by atoms with E-state index in [9.17, 15) is 4.79 Å². The van der Waals surface area contributed by atoms with E-state index in [1.807, 2.05) is 66.7 Å². The van der Waals surface area contributed by atoms with Gasteiger partial charge in [0, 0.05) is 22.3 Å². The Morgan fingerprint density at radius 3 is 2.44 bits per heavy atom. The molecule has 0 fully saturated rings. The molecule has 4 rings (SSSR count). The number of benzene rings is 2. The van der Waals surface area contributed by atoms with E-state index < -0.39 is 0 Å². The lowest BCUT2D eigenvalue weighted by Crippen LogP contribution is -2.15. The summed E-state index contributed by atoms with van der Waals surface area (Å²) in [5.74, 6) is 0.368. The minimum absolute atomic E-state index is 0.207. The average molecular weight is 419 g/mol. The van der Waals surface area contributed by atoms with Crippen molar-refractivity contribution in [3.05, 3.63) is 95.1 Å². The van der Waals surface area contributed by atoms with E-state index in [0.29, 0.717) is 17.1 Å². The van der Waals surface area contributed by atoms with Crippen LogP contribution in [-0.2, 0) is 0 Å². The summed E-state index contributed by atoms with van der Waals surface area (Å²) >= 11 is 3.40. The molecule has 1 amide bonds. The zero-order valence-corrected chi connectivity index (χ0v) is 15.8. The van der Waals surface area contributed by atoms with Crippen LogP contribution in [0.4, 0.5) is 5.82 Å². The summed E-state index contributed by atoms with van der Waals surface area (Å²) in [6.07, 6.45) is 1.72. The Labute approximate surface area is 164 Å². The van der Waals surface area contributed by atoms with E-state index in [-0.39, 0.29) is 5.91 Å². The highest BCUT2D eigenvalue weighted by molar-refractivity contribution is 9.10. The molecule has 0 saturated heterocycles. The van der Waals surface area contributed by atoms with Gasteiger partial charge in [-0.25, -0.2) is 4.68 Å². The molecule has 27 heavy (non-hydrogen) atoms. The van der Waals surface area contributed by atoms with Gasteiger partial charge in [0.2, 0.25) is 0 Å². The average Bonchev–Trinajstić information content (AvgIpc) is 3.13. The maximum atomic E-state index is 12.7. The fourth-order valence-corrected chi connectivity index (χ4v) is 3.09. The van der Waals surface area contributed by atoms with Crippen LogP contribution in [0.15, 0.2) is 89.5 Å². The van der Waals surface area contributed by atoms with Gasteiger partial charge in [-0.2, -0.15) is 5.10 Å². The standard InChI is InChI=1S/C21H15BrN4O/c22-16-8-6-7-15(13-16)21(27)24-20-14-19(18-11-4-5-12-23-18)25-26(20)17-9-2-1-3-10-17/h1-14H,(H,24,27). The fraction of sp³-hybridized carbons (Fsp3) is 0. The third-order valence-electron chi connectivity index (χ3n) is 3.97. The number of pyridine rings is 1. The van der Waals surface area contributed by atoms with Gasteiger partial charge in [0.05, 0.1) is 11.4 Å². The molecule has 0 aliphatic rings. The molecule has 0 unspecified atom stereocenters. The van der Waals surface area contributed by atoms with Crippen molar-refractivity contribution in [3.8, 4) is 17.1 Å². The second-order valence-electron chi connectivity index (χ2n) is 5.84. The van der Waals surface area contributed by atoms with Crippen molar-refractivity contribution in [2.45, 2.75) is 0 Å². The molecular formula is C21H15BrN4O. The third-order valence-corrected chi connectivity index (χ3v) is 4.46. The van der Waals surface area contributed by atoms with Crippen molar-refractivity contribution >= 4 is 27.7 Å². The molecule has 1 N–H and O–H groups in total. The van der Waals surface area contributed by atoms with E-state index in [1.165, 1.54) is 0 Å². The Hall–Kier alpha value is -3.25. The van der Waals surface area contributed by atoms with Crippen LogP contribution in [0.25, 0.3) is 17.1 Å². The molecule has 2 aromatic carbocycles. The number of halogens is 1. The summed E-state index contributed by atoms with van der Waals surface area (Å²) in [5.41, 5.74) is 2.84. The zero-order chi connectivity index (χ0) is 18.6. The van der Waals surface area contributed by atoms with Crippen LogP contribution in [0.5, 0.6) is 0 Å². The molecule has 0 radical (unpaired) electrons. The van der Waals surface area contributed by atoms with Crippen molar-refractivity contribution in [1.82, 2.24) is 14.8 Å². The summed E-state index contributed by atoms with van der Waals surface area (Å²) < 4.78 is 2.56. The Kier molecular flexibility index (Phi) is 4.80. The van der Waals surface area contributed by atoms with Gasteiger partial charge in [0.15, 0.2) is 0 Å². The molecule has 5 nitrogen and oxygen atoms in total. The molecule has 6 heteroatoms. The highest BCUT2D eigenvalue weighted by atomic mass is 79.9. The number of amides is 1. The second-order valence-corrected chi connectivity index (χ2v) is 6.76. The van der Waals surface area contributed by atoms with Gasteiger partial charge in [0.1, 0.15) is 11.5 Å². The number of carbonyl (C=O) groups excluding carboxylic acids is 1.